The van der Waals surface area contributed by atoms with Crippen LogP contribution < -0.4 is 0 Å². The van der Waals surface area contributed by atoms with E-state index in [1.165, 1.54) is 18.4 Å². The summed E-state index contributed by atoms with van der Waals surface area (Å²) in [7, 11) is -0.528. The third-order valence-electron chi connectivity index (χ3n) is 4.47. The second-order valence-electron chi connectivity index (χ2n) is 6.51. The van der Waals surface area contributed by atoms with Crippen molar-refractivity contribution in [3.63, 3.8) is 0 Å². The Bertz CT molecular complexity index is 1260. The molecule has 0 bridgehead atoms. The molecule has 0 aliphatic rings. The van der Waals surface area contributed by atoms with Crippen molar-refractivity contribution in [3.8, 4) is 28.3 Å². The van der Waals surface area contributed by atoms with Crippen LogP contribution in [0.25, 0.3) is 28.2 Å². The summed E-state index contributed by atoms with van der Waals surface area (Å²) < 4.78 is 27.9. The van der Waals surface area contributed by atoms with Gasteiger partial charge in [0.25, 0.3) is 0 Å². The van der Waals surface area contributed by atoms with Crippen molar-refractivity contribution in [1.82, 2.24) is 18.7 Å². The van der Waals surface area contributed by atoms with E-state index in [0.29, 0.717) is 16.9 Å². The fraction of sp³-hybridized carbons (Fsp3) is 0.100. The summed E-state index contributed by atoms with van der Waals surface area (Å²) >= 11 is 0. The fourth-order valence-electron chi connectivity index (χ4n) is 2.91. The number of sulfonamides is 1. The van der Waals surface area contributed by atoms with Gasteiger partial charge in [-0.25, -0.2) is 17.7 Å². The van der Waals surface area contributed by atoms with Crippen molar-refractivity contribution in [2.24, 2.45) is 0 Å². The molecule has 28 heavy (non-hydrogen) atoms. The van der Waals surface area contributed by atoms with Crippen molar-refractivity contribution in [1.29, 1.82) is 0 Å². The highest BCUT2D eigenvalue weighted by molar-refractivity contribution is 7.89. The second kappa shape index (κ2) is 6.74. The van der Waals surface area contributed by atoms with Gasteiger partial charge < -0.3 is 5.11 Å². The average Bonchev–Trinajstić information content (AvgIpc) is 3.12. The summed E-state index contributed by atoms with van der Waals surface area (Å²) in [6.07, 6.45) is 5.21. The Morgan fingerprint density at radius 3 is 2.43 bits per heavy atom. The summed E-state index contributed by atoms with van der Waals surface area (Å²) in [6, 6.07) is 13.6. The number of imidazole rings is 1. The fourth-order valence-corrected chi connectivity index (χ4v) is 3.86. The van der Waals surface area contributed by atoms with Crippen LogP contribution in [0.2, 0.25) is 0 Å². The van der Waals surface area contributed by atoms with Crippen LogP contribution >= 0.6 is 0 Å². The number of fused-ring (bicyclic) bond motifs is 1. The van der Waals surface area contributed by atoms with Crippen molar-refractivity contribution in [3.05, 3.63) is 67.1 Å². The molecule has 0 aliphatic carbocycles. The molecule has 142 valence electrons. The molecule has 0 unspecified atom stereocenters. The summed E-state index contributed by atoms with van der Waals surface area (Å²) in [5, 5.41) is 9.51. The largest absolute Gasteiger partial charge is 0.508 e. The zero-order valence-electron chi connectivity index (χ0n) is 15.3. The van der Waals surface area contributed by atoms with Crippen LogP contribution in [0, 0.1) is 0 Å². The molecule has 4 aromatic rings. The normalized spacial score (nSPS) is 12.0. The average molecular weight is 394 g/mol. The molecule has 2 aromatic heterocycles. The number of hydrogen-bond donors (Lipinski definition) is 1. The Hall–Kier alpha value is -3.23. The molecule has 2 heterocycles. The molecule has 7 nitrogen and oxygen atoms in total. The molecule has 1 N–H and O–H groups in total. The molecule has 0 atom stereocenters. The highest BCUT2D eigenvalue weighted by atomic mass is 32.2. The summed E-state index contributed by atoms with van der Waals surface area (Å²) in [5.41, 5.74) is 3.72. The van der Waals surface area contributed by atoms with Crippen LogP contribution in [0.4, 0.5) is 0 Å². The van der Waals surface area contributed by atoms with Gasteiger partial charge in [0, 0.05) is 31.4 Å². The van der Waals surface area contributed by atoms with Crippen LogP contribution in [0.5, 0.6) is 5.75 Å². The monoisotopic (exact) mass is 394 g/mol. The Kier molecular flexibility index (Phi) is 4.37. The van der Waals surface area contributed by atoms with Crippen LogP contribution in [0.3, 0.4) is 0 Å². The van der Waals surface area contributed by atoms with E-state index in [0.717, 1.165) is 11.3 Å². The first kappa shape index (κ1) is 18.1. The third kappa shape index (κ3) is 3.12. The van der Waals surface area contributed by atoms with Crippen molar-refractivity contribution in [2.45, 2.75) is 4.90 Å². The number of aromatic hydroxyl groups is 1. The van der Waals surface area contributed by atoms with Crippen LogP contribution in [0.15, 0.2) is 72.0 Å². The van der Waals surface area contributed by atoms with Gasteiger partial charge in [-0.1, -0.05) is 12.1 Å². The van der Waals surface area contributed by atoms with E-state index >= 15 is 0 Å². The molecule has 0 aliphatic heterocycles. The van der Waals surface area contributed by atoms with Crippen molar-refractivity contribution in [2.75, 3.05) is 14.1 Å². The maximum Gasteiger partial charge on any atom is 0.242 e. The molecule has 8 heteroatoms. The first-order valence-electron chi connectivity index (χ1n) is 8.52. The van der Waals surface area contributed by atoms with Crippen LogP contribution in [-0.2, 0) is 10.0 Å². The molecule has 2 aromatic carbocycles. The maximum absolute atomic E-state index is 12.4. The molecule has 0 fully saturated rings. The van der Waals surface area contributed by atoms with E-state index in [1.54, 1.807) is 42.7 Å². The minimum atomic E-state index is -3.53. The SMILES string of the molecule is CN(C)S(=O)(=O)c1cccc(-c2cn3c(-c4ccc(O)cc4)cnc3cn2)c1. The quantitative estimate of drug-likeness (QED) is 0.575. The minimum Gasteiger partial charge on any atom is -0.508 e. The molecular formula is C20H18N4O3S. The Labute approximate surface area is 162 Å². The highest BCUT2D eigenvalue weighted by Gasteiger charge is 2.18. The lowest BCUT2D eigenvalue weighted by Gasteiger charge is -2.12. The lowest BCUT2D eigenvalue weighted by atomic mass is 10.1. The Balaban J connectivity index is 1.83. The van der Waals surface area contributed by atoms with Gasteiger partial charge in [-0.3, -0.25) is 9.38 Å². The zero-order chi connectivity index (χ0) is 19.9. The van der Waals surface area contributed by atoms with E-state index in [-0.39, 0.29) is 10.6 Å². The molecule has 0 saturated carbocycles. The van der Waals surface area contributed by atoms with E-state index in [9.17, 15) is 13.5 Å². The van der Waals surface area contributed by atoms with Gasteiger partial charge in [0.2, 0.25) is 10.0 Å². The van der Waals surface area contributed by atoms with Gasteiger partial charge in [-0.15, -0.1) is 0 Å². The topological polar surface area (TPSA) is 87.8 Å². The van der Waals surface area contributed by atoms with Gasteiger partial charge >= 0.3 is 0 Å². The van der Waals surface area contributed by atoms with E-state index in [4.69, 9.17) is 0 Å². The number of hydrogen-bond acceptors (Lipinski definition) is 5. The van der Waals surface area contributed by atoms with Gasteiger partial charge in [-0.05, 0) is 36.4 Å². The number of rotatable bonds is 4. The van der Waals surface area contributed by atoms with E-state index in [2.05, 4.69) is 9.97 Å². The van der Waals surface area contributed by atoms with Gasteiger partial charge in [0.15, 0.2) is 5.65 Å². The first-order chi connectivity index (χ1) is 13.4. The van der Waals surface area contributed by atoms with E-state index in [1.807, 2.05) is 28.8 Å². The molecule has 0 saturated heterocycles. The Morgan fingerprint density at radius 2 is 1.71 bits per heavy atom. The number of benzene rings is 2. The molecule has 0 spiro atoms. The number of phenolic OH excluding ortho intramolecular Hbond substituents is 1. The maximum atomic E-state index is 12.4. The lowest BCUT2D eigenvalue weighted by Crippen LogP contribution is -2.22. The van der Waals surface area contributed by atoms with Crippen molar-refractivity contribution < 1.29 is 13.5 Å². The number of aromatic nitrogens is 3. The zero-order valence-corrected chi connectivity index (χ0v) is 16.1. The smallest absolute Gasteiger partial charge is 0.242 e. The van der Waals surface area contributed by atoms with E-state index < -0.39 is 10.0 Å². The predicted octanol–water partition coefficient (Wildman–Crippen LogP) is 3.02. The molecule has 4 rings (SSSR count). The number of phenols is 1. The van der Waals surface area contributed by atoms with Crippen molar-refractivity contribution >= 4 is 15.7 Å². The molecular weight excluding hydrogens is 376 g/mol. The first-order valence-corrected chi connectivity index (χ1v) is 9.96. The minimum absolute atomic E-state index is 0.193. The lowest BCUT2D eigenvalue weighted by molar-refractivity contribution is 0.475. The molecule has 0 amide bonds. The third-order valence-corrected chi connectivity index (χ3v) is 6.28. The van der Waals surface area contributed by atoms with Gasteiger partial charge in [0.1, 0.15) is 5.75 Å². The van der Waals surface area contributed by atoms with Crippen LogP contribution in [-0.4, -0.2) is 46.3 Å². The standard InChI is InChI=1S/C20H18N4O3S/c1-23(2)28(26,27)17-5-3-4-15(10-17)18-13-24-19(11-22-20(24)12-21-18)14-6-8-16(25)9-7-14/h3-13,25H,1-2H3. The molecule has 0 radical (unpaired) electrons. The predicted molar refractivity (Wildman–Crippen MR) is 106 cm³/mol. The van der Waals surface area contributed by atoms with Crippen LogP contribution in [0.1, 0.15) is 0 Å². The Morgan fingerprint density at radius 1 is 0.964 bits per heavy atom. The van der Waals surface area contributed by atoms with Gasteiger partial charge in [0.05, 0.1) is 28.7 Å². The summed E-state index contributed by atoms with van der Waals surface area (Å²) in [6.45, 7) is 0. The summed E-state index contributed by atoms with van der Waals surface area (Å²) in [4.78, 5) is 9.01. The second-order valence-corrected chi connectivity index (χ2v) is 8.66. The summed E-state index contributed by atoms with van der Waals surface area (Å²) in [5.74, 6) is 0.193. The van der Waals surface area contributed by atoms with Gasteiger partial charge in [-0.2, -0.15) is 0 Å². The highest BCUT2D eigenvalue weighted by Crippen LogP contribution is 2.26. The number of nitrogens with zero attached hydrogens (tertiary/aromatic N) is 4.